The van der Waals surface area contributed by atoms with Gasteiger partial charge in [0.25, 0.3) is 0 Å². The molecule has 0 saturated carbocycles. The number of aryl methyl sites for hydroxylation is 1. The van der Waals surface area contributed by atoms with Gasteiger partial charge in [0.15, 0.2) is 0 Å². The van der Waals surface area contributed by atoms with Crippen molar-refractivity contribution in [2.24, 2.45) is 0 Å². The fourth-order valence-corrected chi connectivity index (χ4v) is 1.75. The Hall–Kier alpha value is -2.21. The van der Waals surface area contributed by atoms with Gasteiger partial charge in [-0.3, -0.25) is 0 Å². The van der Waals surface area contributed by atoms with Crippen LogP contribution in [0.1, 0.15) is 19.4 Å². The van der Waals surface area contributed by atoms with Gasteiger partial charge in [0.1, 0.15) is 12.4 Å². The molecule has 1 aromatic rings. The van der Waals surface area contributed by atoms with Gasteiger partial charge in [-0.15, -0.1) is 0 Å². The minimum absolute atomic E-state index is 0.390. The van der Waals surface area contributed by atoms with E-state index in [0.717, 1.165) is 23.4 Å². The molecule has 0 aromatic heterocycles. The predicted molar refractivity (Wildman–Crippen MR) is 79.4 cm³/mol. The zero-order chi connectivity index (χ0) is 14.3. The van der Waals surface area contributed by atoms with E-state index in [1.54, 1.807) is 13.0 Å². The van der Waals surface area contributed by atoms with E-state index in [0.29, 0.717) is 12.2 Å². The molecule has 0 fully saturated rings. The van der Waals surface area contributed by atoms with Crippen molar-refractivity contribution < 1.29 is 4.74 Å². The Labute approximate surface area is 115 Å². The quantitative estimate of drug-likeness (QED) is 0.623. The highest BCUT2D eigenvalue weighted by atomic mass is 16.5. The van der Waals surface area contributed by atoms with Crippen LogP contribution >= 0.6 is 0 Å². The number of nitrogens with one attached hydrogen (secondary N) is 1. The van der Waals surface area contributed by atoms with E-state index in [1.807, 2.05) is 25.2 Å². The molecule has 0 bridgehead atoms. The van der Waals surface area contributed by atoms with Crippen molar-refractivity contribution >= 4 is 5.69 Å². The summed E-state index contributed by atoms with van der Waals surface area (Å²) < 4.78 is 5.67. The summed E-state index contributed by atoms with van der Waals surface area (Å²) in [6.07, 6.45) is 2.68. The Morgan fingerprint density at radius 2 is 2.26 bits per heavy atom. The molecular weight excluding hydrogens is 236 g/mol. The number of nitrogens with zero attached hydrogens (tertiary/aromatic N) is 1. The van der Waals surface area contributed by atoms with Crippen LogP contribution in [-0.2, 0) is 6.42 Å². The van der Waals surface area contributed by atoms with Gasteiger partial charge in [-0.1, -0.05) is 13.5 Å². The molecule has 0 saturated heterocycles. The van der Waals surface area contributed by atoms with Crippen LogP contribution in [0, 0.1) is 11.3 Å². The van der Waals surface area contributed by atoms with Crippen molar-refractivity contribution in [3.8, 4) is 11.8 Å². The summed E-state index contributed by atoms with van der Waals surface area (Å²) in [5.74, 6) is 0.819. The van der Waals surface area contributed by atoms with Crippen LogP contribution in [0.5, 0.6) is 5.75 Å². The molecule has 0 aliphatic rings. The first kappa shape index (κ1) is 14.8. The molecule has 0 amide bonds. The van der Waals surface area contributed by atoms with Gasteiger partial charge in [-0.25, -0.2) is 0 Å². The second-order valence-electron chi connectivity index (χ2n) is 4.31. The number of hydrogen-bond acceptors (Lipinski definition) is 3. The minimum Gasteiger partial charge on any atom is -0.489 e. The number of nitriles is 1. The third-order valence-corrected chi connectivity index (χ3v) is 2.75. The molecule has 1 rings (SSSR count). The van der Waals surface area contributed by atoms with Crippen LogP contribution < -0.4 is 10.1 Å². The van der Waals surface area contributed by atoms with Gasteiger partial charge in [0, 0.05) is 18.3 Å². The second-order valence-corrected chi connectivity index (χ2v) is 4.31. The number of rotatable bonds is 6. The van der Waals surface area contributed by atoms with E-state index in [2.05, 4.69) is 24.9 Å². The third kappa shape index (κ3) is 4.51. The maximum atomic E-state index is 8.69. The highest BCUT2D eigenvalue weighted by molar-refractivity contribution is 5.53. The first-order valence-electron chi connectivity index (χ1n) is 6.30. The van der Waals surface area contributed by atoms with Crippen molar-refractivity contribution in [2.75, 3.05) is 19.0 Å². The van der Waals surface area contributed by atoms with Crippen molar-refractivity contribution in [1.82, 2.24) is 0 Å². The van der Waals surface area contributed by atoms with Crippen LogP contribution in [0.15, 0.2) is 42.0 Å². The molecule has 0 aliphatic heterocycles. The van der Waals surface area contributed by atoms with E-state index in [-0.39, 0.29) is 0 Å². The lowest BCUT2D eigenvalue weighted by atomic mass is 10.1. The van der Waals surface area contributed by atoms with Crippen molar-refractivity contribution in [1.29, 1.82) is 5.26 Å². The van der Waals surface area contributed by atoms with Gasteiger partial charge in [-0.2, -0.15) is 5.26 Å². The Kier molecular flexibility index (Phi) is 5.69. The van der Waals surface area contributed by atoms with Crippen LogP contribution in [0.4, 0.5) is 5.69 Å². The van der Waals surface area contributed by atoms with Gasteiger partial charge in [0.05, 0.1) is 6.07 Å². The van der Waals surface area contributed by atoms with Gasteiger partial charge >= 0.3 is 0 Å². The van der Waals surface area contributed by atoms with Crippen LogP contribution in [0.3, 0.4) is 0 Å². The van der Waals surface area contributed by atoms with Gasteiger partial charge < -0.3 is 10.1 Å². The average molecular weight is 256 g/mol. The van der Waals surface area contributed by atoms with E-state index in [1.165, 1.54) is 5.56 Å². The predicted octanol–water partition coefficient (Wildman–Crippen LogP) is 3.70. The molecule has 0 aliphatic carbocycles. The van der Waals surface area contributed by atoms with E-state index >= 15 is 0 Å². The number of hydrogen-bond donors (Lipinski definition) is 1. The van der Waals surface area contributed by atoms with Gasteiger partial charge in [0.2, 0.25) is 0 Å². The Bertz CT molecular complexity index is 524. The monoisotopic (exact) mass is 256 g/mol. The van der Waals surface area contributed by atoms with Crippen molar-refractivity contribution in [3.63, 3.8) is 0 Å². The Morgan fingerprint density at radius 1 is 1.53 bits per heavy atom. The molecular formula is C16H20N2O. The first-order valence-corrected chi connectivity index (χ1v) is 6.30. The second kappa shape index (κ2) is 7.27. The van der Waals surface area contributed by atoms with Crippen molar-refractivity contribution in [3.05, 3.63) is 47.6 Å². The maximum absolute atomic E-state index is 8.69. The number of allylic oxidation sites excluding steroid dienone is 1. The molecule has 0 radical (unpaired) electrons. The SMILES string of the molecule is C=C(/C=C(\C)C#N)COc1ccc(NC)c(CC)c1. The summed E-state index contributed by atoms with van der Waals surface area (Å²) >= 11 is 0. The summed E-state index contributed by atoms with van der Waals surface area (Å²) in [5, 5.41) is 11.8. The topological polar surface area (TPSA) is 45.0 Å². The molecule has 1 N–H and O–H groups in total. The minimum atomic E-state index is 0.390. The number of anilines is 1. The summed E-state index contributed by atoms with van der Waals surface area (Å²) in [6, 6.07) is 8.03. The number of benzene rings is 1. The highest BCUT2D eigenvalue weighted by Crippen LogP contribution is 2.22. The summed E-state index contributed by atoms with van der Waals surface area (Å²) in [4.78, 5) is 0. The van der Waals surface area contributed by atoms with Crippen LogP contribution in [0.2, 0.25) is 0 Å². The maximum Gasteiger partial charge on any atom is 0.120 e. The Balaban J connectivity index is 2.69. The average Bonchev–Trinajstić information content (AvgIpc) is 2.44. The van der Waals surface area contributed by atoms with Gasteiger partial charge in [-0.05, 0) is 48.8 Å². The molecule has 0 heterocycles. The highest BCUT2D eigenvalue weighted by Gasteiger charge is 2.02. The lowest BCUT2D eigenvalue weighted by Crippen LogP contribution is -2.01. The standard InChI is InChI=1S/C16H20N2O/c1-5-14-9-15(6-7-16(14)18-4)19-11-13(3)8-12(2)10-17/h6-9,18H,3,5,11H2,1-2,4H3/b12-8+. The Morgan fingerprint density at radius 3 is 2.84 bits per heavy atom. The molecule has 19 heavy (non-hydrogen) atoms. The number of ether oxygens (including phenoxy) is 1. The van der Waals surface area contributed by atoms with E-state index in [4.69, 9.17) is 10.00 Å². The van der Waals surface area contributed by atoms with E-state index < -0.39 is 0 Å². The van der Waals surface area contributed by atoms with Crippen LogP contribution in [0.25, 0.3) is 0 Å². The fraction of sp³-hybridized carbons (Fsp3) is 0.312. The van der Waals surface area contributed by atoms with Crippen LogP contribution in [-0.4, -0.2) is 13.7 Å². The third-order valence-electron chi connectivity index (χ3n) is 2.75. The lowest BCUT2D eigenvalue weighted by molar-refractivity contribution is 0.355. The molecule has 0 unspecified atom stereocenters. The molecule has 1 aromatic carbocycles. The normalized spacial score (nSPS) is 10.7. The summed E-state index contributed by atoms with van der Waals surface area (Å²) in [5.41, 5.74) is 3.76. The molecule has 3 nitrogen and oxygen atoms in total. The zero-order valence-corrected chi connectivity index (χ0v) is 11.8. The first-order chi connectivity index (χ1) is 9.10. The summed E-state index contributed by atoms with van der Waals surface area (Å²) in [7, 11) is 1.91. The smallest absolute Gasteiger partial charge is 0.120 e. The molecule has 0 atom stereocenters. The van der Waals surface area contributed by atoms with E-state index in [9.17, 15) is 0 Å². The lowest BCUT2D eigenvalue weighted by Gasteiger charge is -2.11. The molecule has 3 heteroatoms. The zero-order valence-electron chi connectivity index (χ0n) is 11.8. The largest absolute Gasteiger partial charge is 0.489 e. The van der Waals surface area contributed by atoms with Crippen molar-refractivity contribution in [2.45, 2.75) is 20.3 Å². The fourth-order valence-electron chi connectivity index (χ4n) is 1.75. The molecule has 0 spiro atoms. The summed E-state index contributed by atoms with van der Waals surface area (Å²) in [6.45, 7) is 8.12. The molecule has 100 valence electrons.